The standard InChI is InChI=1S/C27H26N2O2/c1-17-9-11-21-15-22(26(30)28-25(21)13-17)16-29(23-12-10-18(2)20(4)14-23)27(31)24-8-6-5-7-19(24)3/h5-15H,16H2,1-4H3,(H,28,30). The van der Waals surface area contributed by atoms with E-state index in [1.54, 1.807) is 4.90 Å². The molecule has 4 nitrogen and oxygen atoms in total. The molecule has 0 unspecified atom stereocenters. The number of nitrogens with one attached hydrogen (secondary N) is 1. The lowest BCUT2D eigenvalue weighted by Gasteiger charge is -2.24. The van der Waals surface area contributed by atoms with Gasteiger partial charge in [-0.3, -0.25) is 9.59 Å². The van der Waals surface area contributed by atoms with Crippen molar-refractivity contribution in [1.29, 1.82) is 0 Å². The third-order valence-electron chi connectivity index (χ3n) is 5.83. The van der Waals surface area contributed by atoms with Gasteiger partial charge in [0.05, 0.1) is 6.54 Å². The zero-order valence-electron chi connectivity index (χ0n) is 18.3. The molecule has 3 aromatic carbocycles. The van der Waals surface area contributed by atoms with Crippen molar-refractivity contribution >= 4 is 22.5 Å². The van der Waals surface area contributed by atoms with Crippen molar-refractivity contribution in [3.05, 3.63) is 110 Å². The lowest BCUT2D eigenvalue weighted by molar-refractivity contribution is 0.0984. The molecule has 0 spiro atoms. The summed E-state index contributed by atoms with van der Waals surface area (Å²) in [4.78, 5) is 31.1. The molecule has 31 heavy (non-hydrogen) atoms. The minimum Gasteiger partial charge on any atom is -0.322 e. The molecule has 156 valence electrons. The number of carbonyl (C=O) groups is 1. The average molecular weight is 411 g/mol. The van der Waals surface area contributed by atoms with Crippen molar-refractivity contribution < 1.29 is 4.79 Å². The van der Waals surface area contributed by atoms with Crippen LogP contribution in [0.3, 0.4) is 0 Å². The Labute approximate surface area is 182 Å². The van der Waals surface area contributed by atoms with Gasteiger partial charge in [0.1, 0.15) is 0 Å². The third-order valence-corrected chi connectivity index (χ3v) is 5.83. The smallest absolute Gasteiger partial charge is 0.258 e. The van der Waals surface area contributed by atoms with Gasteiger partial charge in [-0.1, -0.05) is 36.4 Å². The SMILES string of the molecule is Cc1ccc2cc(CN(C(=O)c3ccccc3C)c3ccc(C)c(C)c3)c(=O)[nH]c2c1. The van der Waals surface area contributed by atoms with Crippen LogP contribution in [0.25, 0.3) is 10.9 Å². The van der Waals surface area contributed by atoms with E-state index < -0.39 is 0 Å². The largest absolute Gasteiger partial charge is 0.322 e. The van der Waals surface area contributed by atoms with E-state index in [1.165, 1.54) is 0 Å². The Morgan fingerprint density at radius 3 is 2.35 bits per heavy atom. The number of carbonyl (C=O) groups excluding carboxylic acids is 1. The van der Waals surface area contributed by atoms with Crippen LogP contribution in [0.5, 0.6) is 0 Å². The Bertz CT molecular complexity index is 1350. The molecule has 1 amide bonds. The predicted octanol–water partition coefficient (Wildman–Crippen LogP) is 5.61. The number of hydrogen-bond donors (Lipinski definition) is 1. The van der Waals surface area contributed by atoms with Gasteiger partial charge >= 0.3 is 0 Å². The maximum Gasteiger partial charge on any atom is 0.258 e. The topological polar surface area (TPSA) is 53.2 Å². The summed E-state index contributed by atoms with van der Waals surface area (Å²) in [5, 5.41) is 0.948. The van der Waals surface area contributed by atoms with E-state index in [4.69, 9.17) is 0 Å². The highest BCUT2D eigenvalue weighted by Crippen LogP contribution is 2.24. The van der Waals surface area contributed by atoms with Crippen molar-refractivity contribution in [3.63, 3.8) is 0 Å². The maximum atomic E-state index is 13.6. The number of rotatable bonds is 4. The van der Waals surface area contributed by atoms with E-state index in [-0.39, 0.29) is 18.0 Å². The van der Waals surface area contributed by atoms with Gasteiger partial charge < -0.3 is 9.88 Å². The zero-order valence-corrected chi connectivity index (χ0v) is 18.3. The van der Waals surface area contributed by atoms with Gasteiger partial charge in [0.2, 0.25) is 0 Å². The van der Waals surface area contributed by atoms with Crippen LogP contribution in [0.1, 0.15) is 38.2 Å². The number of hydrogen-bond acceptors (Lipinski definition) is 2. The zero-order chi connectivity index (χ0) is 22.1. The van der Waals surface area contributed by atoms with E-state index >= 15 is 0 Å². The highest BCUT2D eigenvalue weighted by Gasteiger charge is 2.21. The maximum absolute atomic E-state index is 13.6. The molecular weight excluding hydrogens is 384 g/mol. The third kappa shape index (κ3) is 4.15. The highest BCUT2D eigenvalue weighted by molar-refractivity contribution is 6.07. The van der Waals surface area contributed by atoms with Crippen molar-refractivity contribution in [2.24, 2.45) is 0 Å². The summed E-state index contributed by atoms with van der Waals surface area (Å²) >= 11 is 0. The highest BCUT2D eigenvalue weighted by atomic mass is 16.2. The Morgan fingerprint density at radius 2 is 1.61 bits per heavy atom. The first kappa shape index (κ1) is 20.6. The quantitative estimate of drug-likeness (QED) is 0.475. The summed E-state index contributed by atoms with van der Waals surface area (Å²) in [6.45, 7) is 8.18. The van der Waals surface area contributed by atoms with E-state index in [9.17, 15) is 9.59 Å². The average Bonchev–Trinajstić information content (AvgIpc) is 2.74. The van der Waals surface area contributed by atoms with Gasteiger partial charge in [-0.15, -0.1) is 0 Å². The van der Waals surface area contributed by atoms with Crippen LogP contribution in [0, 0.1) is 27.7 Å². The minimum atomic E-state index is -0.176. The fraction of sp³-hybridized carbons (Fsp3) is 0.185. The first-order chi connectivity index (χ1) is 14.8. The summed E-state index contributed by atoms with van der Waals surface area (Å²) in [6, 6.07) is 21.4. The minimum absolute atomic E-state index is 0.121. The molecule has 0 aliphatic carbocycles. The number of benzene rings is 3. The van der Waals surface area contributed by atoms with Crippen molar-refractivity contribution in [1.82, 2.24) is 4.98 Å². The van der Waals surface area contributed by atoms with Gasteiger partial charge in [-0.2, -0.15) is 0 Å². The van der Waals surface area contributed by atoms with Gasteiger partial charge in [0, 0.05) is 22.3 Å². The van der Waals surface area contributed by atoms with Gasteiger partial charge in [-0.25, -0.2) is 0 Å². The second-order valence-corrected chi connectivity index (χ2v) is 8.19. The van der Waals surface area contributed by atoms with Crippen LogP contribution >= 0.6 is 0 Å². The number of pyridine rings is 1. The molecule has 0 saturated carbocycles. The fourth-order valence-corrected chi connectivity index (χ4v) is 3.78. The number of fused-ring (bicyclic) bond motifs is 1. The van der Waals surface area contributed by atoms with E-state index in [2.05, 4.69) is 4.98 Å². The van der Waals surface area contributed by atoms with Crippen molar-refractivity contribution in [2.45, 2.75) is 34.2 Å². The number of aromatic nitrogens is 1. The first-order valence-electron chi connectivity index (χ1n) is 10.4. The van der Waals surface area contributed by atoms with Crippen molar-refractivity contribution in [3.8, 4) is 0 Å². The summed E-state index contributed by atoms with van der Waals surface area (Å²) in [5.74, 6) is -0.121. The molecule has 4 rings (SSSR count). The molecule has 0 bridgehead atoms. The van der Waals surface area contributed by atoms with Crippen LogP contribution in [-0.4, -0.2) is 10.9 Å². The lowest BCUT2D eigenvalue weighted by atomic mass is 10.0. The summed E-state index contributed by atoms with van der Waals surface area (Å²) in [7, 11) is 0. The van der Waals surface area contributed by atoms with Crippen LogP contribution in [0.2, 0.25) is 0 Å². The molecule has 1 aromatic heterocycles. The number of H-pyrrole nitrogens is 1. The van der Waals surface area contributed by atoms with Gasteiger partial charge in [-0.05, 0) is 85.7 Å². The molecule has 1 heterocycles. The fourth-order valence-electron chi connectivity index (χ4n) is 3.78. The number of aromatic amines is 1. The molecule has 0 radical (unpaired) electrons. The Kier molecular flexibility index (Phi) is 5.47. The second kappa shape index (κ2) is 8.23. The number of anilines is 1. The molecule has 0 fully saturated rings. The molecule has 0 saturated heterocycles. The number of nitrogens with zero attached hydrogens (tertiary/aromatic N) is 1. The lowest BCUT2D eigenvalue weighted by Crippen LogP contribution is -2.33. The van der Waals surface area contributed by atoms with Crippen LogP contribution in [0.15, 0.2) is 71.5 Å². The first-order valence-corrected chi connectivity index (χ1v) is 10.4. The predicted molar refractivity (Wildman–Crippen MR) is 127 cm³/mol. The van der Waals surface area contributed by atoms with E-state index in [0.29, 0.717) is 11.1 Å². The Balaban J connectivity index is 1.82. The molecule has 1 N–H and O–H groups in total. The summed E-state index contributed by atoms with van der Waals surface area (Å²) in [6.07, 6.45) is 0. The normalized spacial score (nSPS) is 11.0. The monoisotopic (exact) mass is 410 g/mol. The van der Waals surface area contributed by atoms with Crippen LogP contribution in [-0.2, 0) is 6.54 Å². The summed E-state index contributed by atoms with van der Waals surface area (Å²) < 4.78 is 0. The Morgan fingerprint density at radius 1 is 0.839 bits per heavy atom. The number of amides is 1. The molecule has 4 heteroatoms. The number of aryl methyl sites for hydroxylation is 4. The van der Waals surface area contributed by atoms with Crippen LogP contribution < -0.4 is 10.5 Å². The second-order valence-electron chi connectivity index (χ2n) is 8.19. The van der Waals surface area contributed by atoms with E-state index in [0.717, 1.165) is 38.8 Å². The van der Waals surface area contributed by atoms with Gasteiger partial charge in [0.15, 0.2) is 0 Å². The molecule has 4 aromatic rings. The van der Waals surface area contributed by atoms with Crippen LogP contribution in [0.4, 0.5) is 5.69 Å². The van der Waals surface area contributed by atoms with E-state index in [1.807, 2.05) is 94.4 Å². The van der Waals surface area contributed by atoms with Gasteiger partial charge in [0.25, 0.3) is 11.5 Å². The molecule has 0 atom stereocenters. The molecular formula is C27H26N2O2. The Hall–Kier alpha value is -3.66. The molecule has 0 aliphatic rings. The summed E-state index contributed by atoms with van der Waals surface area (Å²) in [5.41, 5.74) is 6.84. The van der Waals surface area contributed by atoms with Crippen molar-refractivity contribution in [2.75, 3.05) is 4.90 Å². The molecule has 0 aliphatic heterocycles.